The summed E-state index contributed by atoms with van der Waals surface area (Å²) in [5, 5.41) is 5.02. The van der Waals surface area contributed by atoms with E-state index in [0.717, 1.165) is 30.6 Å². The second-order valence-electron chi connectivity index (χ2n) is 7.91. The van der Waals surface area contributed by atoms with Crippen LogP contribution in [0.5, 0.6) is 0 Å². The van der Waals surface area contributed by atoms with Gasteiger partial charge in [-0.25, -0.2) is 4.79 Å². The van der Waals surface area contributed by atoms with Crippen molar-refractivity contribution in [3.63, 3.8) is 0 Å². The summed E-state index contributed by atoms with van der Waals surface area (Å²) in [5.41, 5.74) is 2.14. The minimum Gasteiger partial charge on any atom is -0.448 e. The number of carbonyl (C=O) groups excluding carboxylic acids is 4. The third-order valence-electron chi connectivity index (χ3n) is 6.11. The van der Waals surface area contributed by atoms with Crippen molar-refractivity contribution in [3.8, 4) is 0 Å². The predicted molar refractivity (Wildman–Crippen MR) is 106 cm³/mol. The van der Waals surface area contributed by atoms with Crippen molar-refractivity contribution in [3.05, 3.63) is 34.9 Å². The maximum Gasteiger partial charge on any atom is 0.407 e. The van der Waals surface area contributed by atoms with Gasteiger partial charge in [0.05, 0.1) is 0 Å². The van der Waals surface area contributed by atoms with Crippen molar-refractivity contribution in [1.29, 1.82) is 0 Å². The van der Waals surface area contributed by atoms with E-state index in [1.165, 1.54) is 4.90 Å². The number of hydrogen-bond donors (Lipinski definition) is 2. The molecule has 0 radical (unpaired) electrons. The zero-order valence-electron chi connectivity index (χ0n) is 17.0. The Hall–Kier alpha value is -2.94. The summed E-state index contributed by atoms with van der Waals surface area (Å²) in [7, 11) is 0. The number of benzene rings is 1. The average Bonchev–Trinajstić information content (AvgIpc) is 3.02. The smallest absolute Gasteiger partial charge is 0.407 e. The summed E-state index contributed by atoms with van der Waals surface area (Å²) in [6.07, 6.45) is 1.12. The molecule has 0 saturated carbocycles. The lowest BCUT2D eigenvalue weighted by Gasteiger charge is -2.39. The first-order valence-corrected chi connectivity index (χ1v) is 10.4. The molecule has 0 aromatic heterocycles. The van der Waals surface area contributed by atoms with E-state index in [2.05, 4.69) is 22.5 Å². The summed E-state index contributed by atoms with van der Waals surface area (Å²) in [6, 6.07) is 5.11. The van der Waals surface area contributed by atoms with Gasteiger partial charge in [0.15, 0.2) is 0 Å². The van der Waals surface area contributed by atoms with E-state index in [0.29, 0.717) is 31.2 Å². The van der Waals surface area contributed by atoms with Crippen molar-refractivity contribution in [2.45, 2.75) is 51.4 Å². The van der Waals surface area contributed by atoms with Crippen LogP contribution in [0.3, 0.4) is 0 Å². The highest BCUT2D eigenvalue weighted by atomic mass is 16.5. The molecule has 0 spiro atoms. The number of fused-ring (bicyclic) bond motifs is 1. The molecule has 2 saturated heterocycles. The molecule has 1 aromatic carbocycles. The number of piperidine rings is 1. The van der Waals surface area contributed by atoms with Gasteiger partial charge in [-0.2, -0.15) is 0 Å². The van der Waals surface area contributed by atoms with E-state index < -0.39 is 18.0 Å². The minimum atomic E-state index is -0.631. The largest absolute Gasteiger partial charge is 0.448 e. The van der Waals surface area contributed by atoms with Crippen LogP contribution >= 0.6 is 0 Å². The Balaban J connectivity index is 1.31. The van der Waals surface area contributed by atoms with Crippen LogP contribution in [-0.4, -0.2) is 65.4 Å². The van der Waals surface area contributed by atoms with Crippen LogP contribution < -0.4 is 10.6 Å². The van der Waals surface area contributed by atoms with Crippen LogP contribution in [0.25, 0.3) is 0 Å². The number of likely N-dealkylation sites (N-methyl/N-ethyl adjacent to an activating group) is 1. The molecule has 3 aliphatic rings. The molecule has 4 amide bonds. The van der Waals surface area contributed by atoms with Crippen LogP contribution in [0.15, 0.2) is 18.2 Å². The standard InChI is InChI=1S/C21H26N4O5/c1-2-24-8-7-15(24)12-30-21(29)22-10-13-3-4-14-11-25(20(28)16(14)9-13)17-5-6-18(26)23-19(17)27/h3-4,9,15,17H,2,5-8,10-12H2,1H3,(H,22,29)(H,23,26,27). The Morgan fingerprint density at radius 2 is 2.10 bits per heavy atom. The van der Waals surface area contributed by atoms with Crippen LogP contribution in [0.2, 0.25) is 0 Å². The monoisotopic (exact) mass is 414 g/mol. The van der Waals surface area contributed by atoms with Crippen LogP contribution in [0.4, 0.5) is 4.79 Å². The predicted octanol–water partition coefficient (Wildman–Crippen LogP) is 0.768. The number of imide groups is 1. The number of ether oxygens (including phenoxy) is 1. The average molecular weight is 414 g/mol. The molecule has 9 heteroatoms. The molecule has 2 fully saturated rings. The first-order valence-electron chi connectivity index (χ1n) is 10.4. The molecule has 9 nitrogen and oxygen atoms in total. The summed E-state index contributed by atoms with van der Waals surface area (Å²) in [4.78, 5) is 52.1. The number of amides is 4. The summed E-state index contributed by atoms with van der Waals surface area (Å²) in [5.74, 6) is -0.959. The Bertz CT molecular complexity index is 884. The van der Waals surface area contributed by atoms with Gasteiger partial charge in [0.1, 0.15) is 12.6 Å². The molecule has 0 bridgehead atoms. The third kappa shape index (κ3) is 4.02. The van der Waals surface area contributed by atoms with Crippen LogP contribution in [0, 0.1) is 0 Å². The van der Waals surface area contributed by atoms with Crippen LogP contribution in [-0.2, 0) is 27.4 Å². The SMILES string of the molecule is CCN1CCC1COC(=O)NCc1ccc2c(c1)C(=O)N(C1CCC(=O)NC1=O)C2. The molecular formula is C21H26N4O5. The lowest BCUT2D eigenvalue weighted by Crippen LogP contribution is -2.52. The lowest BCUT2D eigenvalue weighted by molar-refractivity contribution is -0.136. The maximum absolute atomic E-state index is 12.8. The summed E-state index contributed by atoms with van der Waals surface area (Å²) in [6.45, 7) is 5.05. The fourth-order valence-electron chi connectivity index (χ4n) is 4.21. The maximum atomic E-state index is 12.8. The van der Waals surface area contributed by atoms with Gasteiger partial charge in [0.25, 0.3) is 5.91 Å². The number of carbonyl (C=O) groups is 4. The number of rotatable bonds is 6. The van der Waals surface area contributed by atoms with E-state index in [-0.39, 0.29) is 24.8 Å². The van der Waals surface area contributed by atoms with Gasteiger partial charge in [-0.3, -0.25) is 24.6 Å². The topological polar surface area (TPSA) is 108 Å². The van der Waals surface area contributed by atoms with E-state index in [4.69, 9.17) is 4.74 Å². The van der Waals surface area contributed by atoms with Gasteiger partial charge < -0.3 is 15.0 Å². The molecule has 2 atom stereocenters. The van der Waals surface area contributed by atoms with Crippen molar-refractivity contribution >= 4 is 23.8 Å². The Labute approximate surface area is 174 Å². The van der Waals surface area contributed by atoms with Crippen molar-refractivity contribution in [2.75, 3.05) is 19.7 Å². The van der Waals surface area contributed by atoms with Gasteiger partial charge >= 0.3 is 6.09 Å². The molecule has 2 unspecified atom stereocenters. The number of hydrogen-bond acceptors (Lipinski definition) is 6. The van der Waals surface area contributed by atoms with Gasteiger partial charge in [-0.05, 0) is 36.6 Å². The van der Waals surface area contributed by atoms with Gasteiger partial charge in [0, 0.05) is 37.7 Å². The Morgan fingerprint density at radius 3 is 2.80 bits per heavy atom. The van der Waals surface area contributed by atoms with Crippen LogP contribution in [0.1, 0.15) is 47.7 Å². The number of nitrogens with one attached hydrogen (secondary N) is 2. The van der Waals surface area contributed by atoms with E-state index in [9.17, 15) is 19.2 Å². The normalized spacial score (nSPS) is 23.6. The van der Waals surface area contributed by atoms with E-state index in [1.807, 2.05) is 12.1 Å². The lowest BCUT2D eigenvalue weighted by atomic mass is 10.0. The molecular weight excluding hydrogens is 388 g/mol. The molecule has 3 heterocycles. The van der Waals surface area contributed by atoms with Gasteiger partial charge in [-0.15, -0.1) is 0 Å². The molecule has 4 rings (SSSR count). The van der Waals surface area contributed by atoms with Gasteiger partial charge in [-0.1, -0.05) is 19.1 Å². The Morgan fingerprint density at radius 1 is 1.27 bits per heavy atom. The molecule has 2 N–H and O–H groups in total. The molecule has 30 heavy (non-hydrogen) atoms. The van der Waals surface area contributed by atoms with Crippen molar-refractivity contribution in [2.24, 2.45) is 0 Å². The number of likely N-dealkylation sites (tertiary alicyclic amines) is 1. The first kappa shape index (κ1) is 20.3. The zero-order valence-corrected chi connectivity index (χ0v) is 17.0. The van der Waals surface area contributed by atoms with Crippen molar-refractivity contribution < 1.29 is 23.9 Å². The molecule has 0 aliphatic carbocycles. The van der Waals surface area contributed by atoms with Gasteiger partial charge in [0.2, 0.25) is 11.8 Å². The van der Waals surface area contributed by atoms with E-state index >= 15 is 0 Å². The highest BCUT2D eigenvalue weighted by molar-refractivity contribution is 6.05. The first-order chi connectivity index (χ1) is 14.5. The molecule has 1 aromatic rings. The highest BCUT2D eigenvalue weighted by Gasteiger charge is 2.39. The fourth-order valence-corrected chi connectivity index (χ4v) is 4.21. The third-order valence-corrected chi connectivity index (χ3v) is 6.11. The highest BCUT2D eigenvalue weighted by Crippen LogP contribution is 2.28. The number of nitrogens with zero attached hydrogens (tertiary/aromatic N) is 2. The minimum absolute atomic E-state index is 0.227. The second kappa shape index (κ2) is 8.43. The second-order valence-corrected chi connectivity index (χ2v) is 7.91. The summed E-state index contributed by atoms with van der Waals surface area (Å²) >= 11 is 0. The zero-order chi connectivity index (χ0) is 21.3. The quantitative estimate of drug-likeness (QED) is 0.666. The number of alkyl carbamates (subject to hydrolysis) is 1. The summed E-state index contributed by atoms with van der Waals surface area (Å²) < 4.78 is 5.29. The molecule has 160 valence electrons. The fraction of sp³-hybridized carbons (Fsp3) is 0.524. The molecule has 3 aliphatic heterocycles. The Kier molecular flexibility index (Phi) is 5.72. The van der Waals surface area contributed by atoms with Crippen molar-refractivity contribution in [1.82, 2.24) is 20.4 Å². The van der Waals surface area contributed by atoms with E-state index in [1.54, 1.807) is 6.07 Å².